The van der Waals surface area contributed by atoms with Gasteiger partial charge < -0.3 is 35.6 Å². The van der Waals surface area contributed by atoms with E-state index in [1.54, 1.807) is 6.07 Å². The molecule has 0 saturated carbocycles. The largest absolute Gasteiger partial charge is 0.492 e. The zero-order valence-corrected chi connectivity index (χ0v) is 25.1. The zero-order chi connectivity index (χ0) is 30.1. The molecule has 10 heteroatoms. The molecular weight excluding hydrogens is 530 g/mol. The van der Waals surface area contributed by atoms with Crippen molar-refractivity contribution in [2.75, 3.05) is 62.9 Å². The second kappa shape index (κ2) is 14.8. The number of nitrogens with zero attached hydrogens (tertiary/aromatic N) is 3. The highest BCUT2D eigenvalue weighted by Crippen LogP contribution is 2.42. The van der Waals surface area contributed by atoms with Crippen LogP contribution >= 0.6 is 0 Å². The van der Waals surface area contributed by atoms with E-state index >= 15 is 0 Å². The van der Waals surface area contributed by atoms with Gasteiger partial charge in [0.1, 0.15) is 24.2 Å². The maximum atomic E-state index is 12.8. The van der Waals surface area contributed by atoms with Crippen molar-refractivity contribution in [3.63, 3.8) is 0 Å². The molecule has 1 amide bonds. The van der Waals surface area contributed by atoms with Gasteiger partial charge in [-0.2, -0.15) is 10.5 Å². The molecule has 2 aromatic rings. The summed E-state index contributed by atoms with van der Waals surface area (Å²) in [5.74, 6) is 1.23. The first kappa shape index (κ1) is 31.0. The minimum absolute atomic E-state index is 0.0944. The summed E-state index contributed by atoms with van der Waals surface area (Å²) < 4.78 is 11.9. The summed E-state index contributed by atoms with van der Waals surface area (Å²) in [4.78, 5) is 14.8. The second-order valence-electron chi connectivity index (χ2n) is 11.4. The molecule has 1 fully saturated rings. The number of nitriles is 2. The third kappa shape index (κ3) is 7.84. The van der Waals surface area contributed by atoms with Gasteiger partial charge in [0.25, 0.3) is 0 Å². The van der Waals surface area contributed by atoms with Crippen LogP contribution in [0, 0.1) is 34.5 Å². The molecule has 2 aliphatic heterocycles. The van der Waals surface area contributed by atoms with Crippen LogP contribution in [0.25, 0.3) is 0 Å². The third-order valence-corrected chi connectivity index (χ3v) is 7.93. The van der Waals surface area contributed by atoms with E-state index in [2.05, 4.69) is 40.3 Å². The summed E-state index contributed by atoms with van der Waals surface area (Å²) in [6.45, 7) is 7.36. The number of amides is 1. The van der Waals surface area contributed by atoms with Crippen LogP contribution in [0.2, 0.25) is 0 Å². The van der Waals surface area contributed by atoms with E-state index in [9.17, 15) is 15.3 Å². The summed E-state index contributed by atoms with van der Waals surface area (Å²) in [5, 5.41) is 33.4. The van der Waals surface area contributed by atoms with Crippen molar-refractivity contribution in [3.8, 4) is 23.6 Å². The van der Waals surface area contributed by atoms with Gasteiger partial charge in [0.2, 0.25) is 5.91 Å². The van der Waals surface area contributed by atoms with Crippen LogP contribution in [0.3, 0.4) is 0 Å². The molecule has 0 aliphatic carbocycles. The van der Waals surface area contributed by atoms with E-state index in [1.165, 1.54) is 12.8 Å². The van der Waals surface area contributed by atoms with Crippen LogP contribution in [0.5, 0.6) is 11.5 Å². The molecule has 10 nitrogen and oxygen atoms in total. The number of rotatable bonds is 12. The Morgan fingerprint density at radius 3 is 2.71 bits per heavy atom. The lowest BCUT2D eigenvalue weighted by atomic mass is 9.88. The van der Waals surface area contributed by atoms with Gasteiger partial charge in [-0.05, 0) is 83.6 Å². The van der Waals surface area contributed by atoms with Crippen molar-refractivity contribution in [2.45, 2.75) is 51.6 Å². The number of hydrogen-bond acceptors (Lipinski definition) is 9. The van der Waals surface area contributed by atoms with E-state index in [1.807, 2.05) is 50.2 Å². The highest BCUT2D eigenvalue weighted by atomic mass is 16.5. The molecule has 1 saturated heterocycles. The fourth-order valence-electron chi connectivity index (χ4n) is 5.52. The molecule has 4 unspecified atom stereocenters. The second-order valence-corrected chi connectivity index (χ2v) is 11.4. The molecule has 0 radical (unpaired) electrons. The molecule has 0 bridgehead atoms. The first-order chi connectivity index (χ1) is 20.3. The maximum Gasteiger partial charge on any atom is 0.224 e. The van der Waals surface area contributed by atoms with Crippen molar-refractivity contribution in [1.82, 2.24) is 10.2 Å². The molecule has 0 aromatic heterocycles. The number of anilines is 3. The molecule has 4 atom stereocenters. The van der Waals surface area contributed by atoms with Gasteiger partial charge in [-0.3, -0.25) is 4.79 Å². The van der Waals surface area contributed by atoms with Crippen LogP contribution in [0.4, 0.5) is 17.1 Å². The van der Waals surface area contributed by atoms with Gasteiger partial charge in [0.15, 0.2) is 0 Å². The zero-order valence-electron chi connectivity index (χ0n) is 25.1. The fourth-order valence-corrected chi connectivity index (χ4v) is 5.52. The first-order valence-corrected chi connectivity index (χ1v) is 14.9. The molecular formula is C32H43N7O3. The smallest absolute Gasteiger partial charge is 0.224 e. The van der Waals surface area contributed by atoms with Crippen LogP contribution in [0.1, 0.15) is 56.7 Å². The minimum atomic E-state index is -0.419. The van der Waals surface area contributed by atoms with Crippen LogP contribution < -0.4 is 30.7 Å². The monoisotopic (exact) mass is 573 g/mol. The lowest BCUT2D eigenvalue weighted by molar-refractivity contribution is -0.116. The van der Waals surface area contributed by atoms with Crippen molar-refractivity contribution in [2.24, 2.45) is 11.8 Å². The number of hydrogen-bond donors (Lipinski definition) is 4. The van der Waals surface area contributed by atoms with Gasteiger partial charge in [-0.25, -0.2) is 0 Å². The van der Waals surface area contributed by atoms with E-state index in [0.717, 1.165) is 30.8 Å². The summed E-state index contributed by atoms with van der Waals surface area (Å²) in [5.41, 5.74) is 3.26. The molecule has 0 spiro atoms. The Balaban J connectivity index is 1.56. The van der Waals surface area contributed by atoms with E-state index in [4.69, 9.17) is 9.47 Å². The number of carbonyl (C=O) groups is 1. The highest BCUT2D eigenvalue weighted by molar-refractivity contribution is 5.93. The number of benzene rings is 2. The Hall–Kier alpha value is -3.99. The molecule has 4 rings (SSSR count). The Morgan fingerprint density at radius 2 is 2.00 bits per heavy atom. The standard InChI is InChI=1S/C32H43N7O3/c1-5-41-30-16-27-25(15-28(30)37-31(40)9-7-13-39(3)4)32(23(18-34)19-36-27)38-26-11-10-24(14-22(26)17-33)42-20-29-21(2)8-6-12-35-29/h10-11,14-16,21,23,29,32,35-36,38H,5-9,12-13,19-20H2,1-4H3,(H,37,40). The summed E-state index contributed by atoms with van der Waals surface area (Å²) in [6, 6.07) is 13.7. The van der Waals surface area contributed by atoms with Gasteiger partial charge in [0.05, 0.1) is 41.6 Å². The number of ether oxygens (including phenoxy) is 2. The van der Waals surface area contributed by atoms with Crippen molar-refractivity contribution >= 4 is 23.0 Å². The van der Waals surface area contributed by atoms with E-state index < -0.39 is 12.0 Å². The Kier molecular flexibility index (Phi) is 10.9. The number of carbonyl (C=O) groups excluding carboxylic acids is 1. The van der Waals surface area contributed by atoms with E-state index in [-0.39, 0.29) is 11.9 Å². The summed E-state index contributed by atoms with van der Waals surface area (Å²) >= 11 is 0. The average molecular weight is 574 g/mol. The lowest BCUT2D eigenvalue weighted by Gasteiger charge is -2.33. The lowest BCUT2D eigenvalue weighted by Crippen LogP contribution is -2.44. The number of fused-ring (bicyclic) bond motifs is 1. The number of piperidine rings is 1. The average Bonchev–Trinajstić information content (AvgIpc) is 2.97. The van der Waals surface area contributed by atoms with Crippen molar-refractivity contribution in [3.05, 3.63) is 41.5 Å². The van der Waals surface area contributed by atoms with Crippen LogP contribution in [0.15, 0.2) is 30.3 Å². The Labute approximate surface area is 249 Å². The molecule has 4 N–H and O–H groups in total. The third-order valence-electron chi connectivity index (χ3n) is 7.93. The summed E-state index contributed by atoms with van der Waals surface area (Å²) in [6.07, 6.45) is 3.48. The molecule has 2 aliphatic rings. The van der Waals surface area contributed by atoms with Gasteiger partial charge in [-0.15, -0.1) is 0 Å². The van der Waals surface area contributed by atoms with Crippen LogP contribution in [-0.2, 0) is 4.79 Å². The topological polar surface area (TPSA) is 134 Å². The minimum Gasteiger partial charge on any atom is -0.492 e. The molecule has 2 heterocycles. The van der Waals surface area contributed by atoms with Crippen LogP contribution in [-0.4, -0.2) is 63.8 Å². The highest BCUT2D eigenvalue weighted by Gasteiger charge is 2.32. The van der Waals surface area contributed by atoms with Gasteiger partial charge in [0, 0.05) is 36.3 Å². The van der Waals surface area contributed by atoms with Crippen molar-refractivity contribution < 1.29 is 14.3 Å². The molecule has 2 aromatic carbocycles. The van der Waals surface area contributed by atoms with Crippen molar-refractivity contribution in [1.29, 1.82) is 10.5 Å². The maximum absolute atomic E-state index is 12.8. The first-order valence-electron chi connectivity index (χ1n) is 14.9. The Bertz CT molecular complexity index is 1320. The normalized spacial score (nSPS) is 21.3. The quantitative estimate of drug-likeness (QED) is 0.284. The number of nitrogens with one attached hydrogen (secondary N) is 4. The van der Waals surface area contributed by atoms with Gasteiger partial charge in [-0.1, -0.05) is 6.92 Å². The molecule has 42 heavy (non-hydrogen) atoms. The predicted molar refractivity (Wildman–Crippen MR) is 165 cm³/mol. The van der Waals surface area contributed by atoms with Gasteiger partial charge >= 0.3 is 0 Å². The SMILES string of the molecule is CCOc1cc2c(cc1NC(=O)CCCN(C)C)C(Nc1ccc(OCC3NCCCC3C)cc1C#N)C(C#N)CN2. The Morgan fingerprint density at radius 1 is 1.17 bits per heavy atom. The summed E-state index contributed by atoms with van der Waals surface area (Å²) in [7, 11) is 3.96. The molecule has 224 valence electrons. The fraction of sp³-hybridized carbons (Fsp3) is 0.531. The van der Waals surface area contributed by atoms with E-state index in [0.29, 0.717) is 60.5 Å². The predicted octanol–water partition coefficient (Wildman–Crippen LogP) is 4.72.